The number of benzene rings is 1. The number of carboxylic acids is 1. The van der Waals surface area contributed by atoms with E-state index in [0.29, 0.717) is 5.56 Å². The van der Waals surface area contributed by atoms with Crippen LogP contribution in [0.2, 0.25) is 0 Å². The summed E-state index contributed by atoms with van der Waals surface area (Å²) in [5.74, 6) is -3.21. The molecule has 1 aromatic rings. The number of hydrogen-bond donors (Lipinski definition) is 2. The minimum Gasteiger partial charge on any atom is -0.480 e. The topological polar surface area (TPSA) is 128 Å². The van der Waals surface area contributed by atoms with Crippen LogP contribution in [-0.4, -0.2) is 47.7 Å². The van der Waals surface area contributed by atoms with Gasteiger partial charge in [-0.25, -0.2) is 0 Å². The van der Waals surface area contributed by atoms with Crippen molar-refractivity contribution in [2.75, 3.05) is 6.54 Å². The number of nitrogens with one attached hydrogen (secondary N) is 1. The molecule has 9 nitrogen and oxygen atoms in total. The van der Waals surface area contributed by atoms with E-state index in [0.717, 1.165) is 0 Å². The molecule has 0 aromatic heterocycles. The van der Waals surface area contributed by atoms with E-state index in [-0.39, 0.29) is 48.2 Å². The fraction of sp³-hybridized carbons (Fsp3) is 0.615. The number of carbonyl (C=O) groups is 4. The lowest BCUT2D eigenvalue weighted by molar-refractivity contribution is -0.154. The van der Waals surface area contributed by atoms with Crippen LogP contribution in [0.25, 0.3) is 0 Å². The normalized spacial score (nSPS) is 13.9. The van der Waals surface area contributed by atoms with Crippen LogP contribution in [0.3, 0.4) is 0 Å². The molecular formula is C26H39NO8. The summed E-state index contributed by atoms with van der Waals surface area (Å²) in [6.45, 7) is 14.2. The molecule has 196 valence electrons. The highest BCUT2D eigenvalue weighted by molar-refractivity contribution is 5.78. The van der Waals surface area contributed by atoms with E-state index in [1.54, 1.807) is 47.6 Å². The van der Waals surface area contributed by atoms with E-state index in [1.165, 1.54) is 12.1 Å². The quantitative estimate of drug-likeness (QED) is 0.313. The summed E-state index contributed by atoms with van der Waals surface area (Å²) < 4.78 is 16.2. The molecule has 0 amide bonds. The van der Waals surface area contributed by atoms with Crippen LogP contribution in [0.15, 0.2) is 18.2 Å². The first-order valence-corrected chi connectivity index (χ1v) is 12.0. The zero-order chi connectivity index (χ0) is 26.9. The van der Waals surface area contributed by atoms with Crippen molar-refractivity contribution in [2.24, 2.45) is 23.7 Å². The van der Waals surface area contributed by atoms with Crippen LogP contribution in [0, 0.1) is 23.7 Å². The number of carbonyl (C=O) groups excluding carboxylic acids is 3. The van der Waals surface area contributed by atoms with Gasteiger partial charge in [-0.15, -0.1) is 0 Å². The van der Waals surface area contributed by atoms with Crippen molar-refractivity contribution in [3.63, 3.8) is 0 Å². The third-order valence-electron chi connectivity index (χ3n) is 5.45. The number of esters is 3. The first kappa shape index (κ1) is 30.1. The Balaban J connectivity index is 2.98. The molecule has 0 saturated heterocycles. The Morgan fingerprint density at radius 3 is 1.86 bits per heavy atom. The summed E-state index contributed by atoms with van der Waals surface area (Å²) in [4.78, 5) is 48.2. The molecule has 1 rings (SSSR count). The maximum Gasteiger partial charge on any atom is 0.321 e. The van der Waals surface area contributed by atoms with Crippen molar-refractivity contribution < 1.29 is 38.5 Å². The van der Waals surface area contributed by atoms with Crippen LogP contribution >= 0.6 is 0 Å². The predicted molar refractivity (Wildman–Crippen MR) is 130 cm³/mol. The zero-order valence-electron chi connectivity index (χ0n) is 21.9. The Kier molecular flexibility index (Phi) is 11.9. The largest absolute Gasteiger partial charge is 0.480 e. The lowest BCUT2D eigenvalue weighted by Gasteiger charge is -2.21. The van der Waals surface area contributed by atoms with Gasteiger partial charge in [0.2, 0.25) is 0 Å². The second-order valence-electron chi connectivity index (χ2n) is 9.72. The fourth-order valence-electron chi connectivity index (χ4n) is 2.71. The van der Waals surface area contributed by atoms with E-state index < -0.39 is 36.0 Å². The van der Waals surface area contributed by atoms with Crippen molar-refractivity contribution >= 4 is 23.9 Å². The summed E-state index contributed by atoms with van der Waals surface area (Å²) in [5.41, 5.74) is 0.555. The van der Waals surface area contributed by atoms with Crippen LogP contribution in [0.5, 0.6) is 11.5 Å². The van der Waals surface area contributed by atoms with Crippen molar-refractivity contribution in [3.05, 3.63) is 23.8 Å². The number of aliphatic carboxylic acids is 1. The lowest BCUT2D eigenvalue weighted by Crippen LogP contribution is -2.43. The first-order chi connectivity index (χ1) is 16.2. The molecule has 0 aliphatic rings. The van der Waals surface area contributed by atoms with Gasteiger partial charge in [0.25, 0.3) is 0 Å². The minimum absolute atomic E-state index is 0.0457. The maximum atomic E-state index is 12.2. The van der Waals surface area contributed by atoms with Gasteiger partial charge >= 0.3 is 23.9 Å². The summed E-state index contributed by atoms with van der Waals surface area (Å²) in [5, 5.41) is 12.6. The minimum atomic E-state index is -1.09. The van der Waals surface area contributed by atoms with Crippen molar-refractivity contribution in [1.82, 2.24) is 5.32 Å². The molecule has 0 saturated carbocycles. The Labute approximate surface area is 207 Å². The van der Waals surface area contributed by atoms with Gasteiger partial charge in [-0.2, -0.15) is 0 Å². The van der Waals surface area contributed by atoms with Crippen LogP contribution in [-0.2, 0) is 30.3 Å². The van der Waals surface area contributed by atoms with E-state index in [2.05, 4.69) is 5.32 Å². The third kappa shape index (κ3) is 10.1. The monoisotopic (exact) mass is 493 g/mol. The summed E-state index contributed by atoms with van der Waals surface area (Å²) >= 11 is 0. The highest BCUT2D eigenvalue weighted by Crippen LogP contribution is 2.30. The van der Waals surface area contributed by atoms with Gasteiger partial charge in [-0.3, -0.25) is 19.2 Å². The van der Waals surface area contributed by atoms with Crippen molar-refractivity contribution in [2.45, 2.75) is 74.0 Å². The van der Waals surface area contributed by atoms with E-state index in [9.17, 15) is 24.3 Å². The van der Waals surface area contributed by atoms with Crippen LogP contribution < -0.4 is 14.8 Å². The second-order valence-corrected chi connectivity index (χ2v) is 9.72. The number of carboxylic acid groups (broad SMARTS) is 1. The van der Waals surface area contributed by atoms with Gasteiger partial charge in [0.05, 0.1) is 17.8 Å². The molecule has 0 fully saturated rings. The van der Waals surface area contributed by atoms with E-state index in [4.69, 9.17) is 14.2 Å². The van der Waals surface area contributed by atoms with Gasteiger partial charge < -0.3 is 24.6 Å². The summed E-state index contributed by atoms with van der Waals surface area (Å²) in [7, 11) is 0. The summed E-state index contributed by atoms with van der Waals surface area (Å²) in [6.07, 6.45) is -0.464. The number of rotatable bonds is 13. The molecule has 2 N–H and O–H groups in total. The average molecular weight is 494 g/mol. The third-order valence-corrected chi connectivity index (χ3v) is 5.45. The molecule has 0 heterocycles. The number of ether oxygens (including phenoxy) is 3. The van der Waals surface area contributed by atoms with E-state index >= 15 is 0 Å². The highest BCUT2D eigenvalue weighted by atomic mass is 16.6. The SMILES string of the molecule is CC(CN[C@@H](Cc1ccc(OC(=O)C(C)C)c(OC(=O)C(C)C)c1)C(=O)O)OC(=O)C(C)C(C)C. The molecule has 35 heavy (non-hydrogen) atoms. The van der Waals surface area contributed by atoms with Crippen molar-refractivity contribution in [1.29, 1.82) is 0 Å². The molecule has 0 spiro atoms. The Hall–Kier alpha value is -2.94. The standard InChI is InChI=1S/C26H39NO8/c1-14(2)18(8)26(32)33-17(7)13-27-20(23(28)29)11-19-9-10-21(34-24(30)15(3)4)22(12-19)35-25(31)16(5)6/h9-10,12,14-18,20,27H,11,13H2,1-8H3,(H,28,29)/t17?,18?,20-/m0/s1. The molecular weight excluding hydrogens is 454 g/mol. The van der Waals surface area contributed by atoms with Crippen molar-refractivity contribution in [3.8, 4) is 11.5 Å². The fourth-order valence-corrected chi connectivity index (χ4v) is 2.71. The van der Waals surface area contributed by atoms with E-state index in [1.807, 2.05) is 13.8 Å². The summed E-state index contributed by atoms with van der Waals surface area (Å²) in [6, 6.07) is 3.60. The first-order valence-electron chi connectivity index (χ1n) is 12.0. The molecule has 3 atom stereocenters. The van der Waals surface area contributed by atoms with Gasteiger partial charge in [0.1, 0.15) is 12.1 Å². The molecule has 2 unspecified atom stereocenters. The number of hydrogen-bond acceptors (Lipinski definition) is 8. The highest BCUT2D eigenvalue weighted by Gasteiger charge is 2.24. The average Bonchev–Trinajstić information content (AvgIpc) is 2.76. The molecule has 0 aliphatic carbocycles. The van der Waals surface area contributed by atoms with Gasteiger partial charge in [0.15, 0.2) is 11.5 Å². The van der Waals surface area contributed by atoms with Crippen LogP contribution in [0.4, 0.5) is 0 Å². The molecule has 0 aliphatic heterocycles. The Morgan fingerprint density at radius 1 is 0.829 bits per heavy atom. The molecule has 0 bridgehead atoms. The molecule has 9 heteroatoms. The van der Waals surface area contributed by atoms with Crippen LogP contribution in [0.1, 0.15) is 61.0 Å². The predicted octanol–water partition coefficient (Wildman–Crippen LogP) is 3.62. The maximum absolute atomic E-state index is 12.2. The van der Waals surface area contributed by atoms with Gasteiger partial charge in [0, 0.05) is 6.54 Å². The van der Waals surface area contributed by atoms with Gasteiger partial charge in [-0.05, 0) is 37.0 Å². The zero-order valence-corrected chi connectivity index (χ0v) is 21.9. The Bertz CT molecular complexity index is 893. The second kappa shape index (κ2) is 13.8. The smallest absolute Gasteiger partial charge is 0.321 e. The Morgan fingerprint density at radius 2 is 1.37 bits per heavy atom. The lowest BCUT2D eigenvalue weighted by atomic mass is 9.98. The molecule has 0 radical (unpaired) electrons. The molecule has 1 aromatic carbocycles. The van der Waals surface area contributed by atoms with Gasteiger partial charge in [-0.1, -0.05) is 54.5 Å².